The Kier molecular flexibility index (Phi) is 29.3. The second-order valence-electron chi connectivity index (χ2n) is 23.1. The van der Waals surface area contributed by atoms with Crippen molar-refractivity contribution in [2.75, 3.05) is 59.7 Å². The number of amides is 2. The number of ether oxygens (including phenoxy) is 6. The van der Waals surface area contributed by atoms with Gasteiger partial charge in [-0.3, -0.25) is 10.2 Å². The van der Waals surface area contributed by atoms with E-state index >= 15 is 0 Å². The van der Waals surface area contributed by atoms with Crippen molar-refractivity contribution in [3.63, 3.8) is 0 Å². The second-order valence-corrected chi connectivity index (χ2v) is 23.1. The number of aliphatic carboxylic acids is 1. The Labute approximate surface area is 551 Å². The van der Waals surface area contributed by atoms with Crippen LogP contribution in [0.2, 0.25) is 0 Å². The third-order valence-corrected chi connectivity index (χ3v) is 14.1. The zero-order chi connectivity index (χ0) is 64.5. The Bertz CT molecular complexity index is 3720. The molecule has 1 aliphatic heterocycles. The van der Waals surface area contributed by atoms with E-state index in [-0.39, 0.29) is 63.7 Å². The van der Waals surface area contributed by atoms with Crippen molar-refractivity contribution >= 4 is 68.2 Å². The molecule has 3 heterocycles. The first-order valence-electron chi connectivity index (χ1n) is 30.4. The molecule has 0 saturated carbocycles. The number of nitrogens with one attached hydrogen (secondary N) is 2. The zero-order valence-corrected chi connectivity index (χ0v) is 54.6. The number of benzene rings is 6. The Hall–Kier alpha value is -9.18. The molecule has 1 fully saturated rings. The van der Waals surface area contributed by atoms with Gasteiger partial charge < -0.3 is 48.8 Å². The van der Waals surface area contributed by atoms with E-state index in [4.69, 9.17) is 28.8 Å². The number of aromatic amines is 2. The van der Waals surface area contributed by atoms with Crippen LogP contribution in [-0.2, 0) is 28.5 Å². The van der Waals surface area contributed by atoms with Crippen molar-refractivity contribution in [2.45, 2.75) is 92.3 Å². The number of esters is 1. The second kappa shape index (κ2) is 36.6. The Morgan fingerprint density at radius 3 is 1.29 bits per heavy atom. The summed E-state index contributed by atoms with van der Waals surface area (Å²) in [6, 6.07) is 49.4. The fraction of sp³-hybridized carbons (Fsp3) is 0.315. The standard InChI is InChI=1S/C35H39N3O5.C34H37N3O5.C4H8O.Li.H2O/c1-6-30(25-11-8-7-9-12-25)33(27-16-19-31-28(23-27)24-36-37-31)26-14-17-29(18-15-26)42-22-21-38(20-10-13-32(39)41-5)34(40)43-35(2,3)4;1-5-29(24-10-7-6-8-11-24)32(26-15-18-30-27(22-26)23-35-36-30)25-13-16-28(17-14-25)41-21-20-37(19-9-12-31(38)39)33(40)42-34(2,3)4;1-2-4-5-3-1;;/h7-19,23-24H,6,20-22H2,1-5H3,(H,36,37);6-18,22-23H,5,19-21H2,1-4H3,(H,35,36)(H,38,39);1-4H2;;1H2/q;;;+1;/p-1/b13-10+,33-30+;12-9+,32-29+;;;. The summed E-state index contributed by atoms with van der Waals surface area (Å²) in [5.74, 6) is -0.226. The summed E-state index contributed by atoms with van der Waals surface area (Å²) in [5, 5.41) is 25.4. The monoisotopic (exact) mass is 1240 g/mol. The maximum atomic E-state index is 12.8. The SMILES string of the molecule is C1CCOC1.CC/C(=C(/c1ccc(OCCN(C/C=C/C(=O)O)C(=O)OC(C)(C)C)cc1)c1ccc2[nH]ncc2c1)c1ccccc1.CC/C(=C(/c1ccc(OCCN(C/C=C/C(=O)OC)C(=O)OC(C)(C)C)cc1)c1ccc2[nH]ncc2c1)c1ccccc1.[Li+].[OH-]. The molecule has 0 radical (unpaired) electrons. The summed E-state index contributed by atoms with van der Waals surface area (Å²) >= 11 is 0. The summed E-state index contributed by atoms with van der Waals surface area (Å²) in [6.07, 6.45) is 12.2. The molecular weight excluding hydrogens is 1160 g/mol. The number of methoxy groups -OCH3 is 1. The number of nitrogens with zero attached hydrogens (tertiary/aromatic N) is 4. The Morgan fingerprint density at radius 2 is 0.946 bits per heavy atom. The predicted molar refractivity (Wildman–Crippen MR) is 357 cm³/mol. The third-order valence-electron chi connectivity index (χ3n) is 14.1. The van der Waals surface area contributed by atoms with E-state index in [2.05, 4.69) is 136 Å². The maximum absolute atomic E-state index is 12.8. The molecule has 1 saturated heterocycles. The number of hydrogen-bond acceptors (Lipinski definition) is 13. The van der Waals surface area contributed by atoms with E-state index < -0.39 is 35.3 Å². The first-order chi connectivity index (χ1) is 43.3. The molecule has 1 aliphatic rings. The van der Waals surface area contributed by atoms with Crippen LogP contribution in [0, 0.1) is 0 Å². The molecule has 0 atom stereocenters. The number of hydrogen-bond donors (Lipinski definition) is 3. The molecule has 19 heteroatoms. The van der Waals surface area contributed by atoms with E-state index in [1.165, 1.54) is 64.2 Å². The number of carboxylic acids is 1. The van der Waals surface area contributed by atoms with Gasteiger partial charge in [0.05, 0.1) is 43.6 Å². The zero-order valence-electron chi connectivity index (χ0n) is 54.6. The molecule has 92 heavy (non-hydrogen) atoms. The van der Waals surface area contributed by atoms with Crippen LogP contribution in [0.1, 0.15) is 114 Å². The van der Waals surface area contributed by atoms with Crippen molar-refractivity contribution in [1.29, 1.82) is 0 Å². The molecule has 480 valence electrons. The number of allylic oxidation sites excluding steroid dienone is 2. The summed E-state index contributed by atoms with van der Waals surface area (Å²) in [7, 11) is 1.30. The van der Waals surface area contributed by atoms with Crippen LogP contribution in [0.25, 0.3) is 44.1 Å². The first kappa shape index (κ1) is 73.6. The van der Waals surface area contributed by atoms with E-state index in [1.807, 2.05) is 81.7 Å². The summed E-state index contributed by atoms with van der Waals surface area (Å²) in [4.78, 5) is 50.7. The van der Waals surface area contributed by atoms with E-state index in [1.54, 1.807) is 26.8 Å². The van der Waals surface area contributed by atoms with E-state index in [0.717, 1.165) is 87.3 Å². The van der Waals surface area contributed by atoms with Gasteiger partial charge in [0.15, 0.2) is 0 Å². The molecule has 18 nitrogen and oxygen atoms in total. The van der Waals surface area contributed by atoms with Crippen LogP contribution in [0.3, 0.4) is 0 Å². The number of carbonyl (C=O) groups is 4. The van der Waals surface area contributed by atoms with Crippen molar-refractivity contribution < 1.29 is 77.0 Å². The van der Waals surface area contributed by atoms with Crippen molar-refractivity contribution in [1.82, 2.24) is 30.2 Å². The van der Waals surface area contributed by atoms with Crippen molar-refractivity contribution in [2.24, 2.45) is 0 Å². The quantitative estimate of drug-likeness (QED) is 0.0188. The number of H-pyrrole nitrogens is 2. The normalized spacial score (nSPS) is 12.6. The minimum atomic E-state index is -1.08. The van der Waals surface area contributed by atoms with Crippen molar-refractivity contribution in [3.8, 4) is 11.5 Å². The minimum Gasteiger partial charge on any atom is -0.870 e. The third kappa shape index (κ3) is 22.9. The van der Waals surface area contributed by atoms with E-state index in [9.17, 15) is 19.2 Å². The van der Waals surface area contributed by atoms with Crippen LogP contribution in [0.4, 0.5) is 9.59 Å². The molecule has 2 amide bonds. The predicted octanol–water partition coefficient (Wildman–Crippen LogP) is 12.1. The largest absolute Gasteiger partial charge is 1.00 e. The first-order valence-corrected chi connectivity index (χ1v) is 30.4. The van der Waals surface area contributed by atoms with Gasteiger partial charge in [-0.1, -0.05) is 123 Å². The van der Waals surface area contributed by atoms with Crippen LogP contribution < -0.4 is 28.3 Å². The number of carbonyl (C=O) groups excluding carboxylic acids is 3. The van der Waals surface area contributed by atoms with E-state index in [0.29, 0.717) is 11.5 Å². The van der Waals surface area contributed by atoms with Gasteiger partial charge in [-0.15, -0.1) is 0 Å². The molecule has 0 bridgehead atoms. The van der Waals surface area contributed by atoms with Gasteiger partial charge in [-0.05, 0) is 171 Å². The van der Waals surface area contributed by atoms with Crippen LogP contribution in [0.5, 0.6) is 11.5 Å². The van der Waals surface area contributed by atoms with Gasteiger partial charge in [-0.2, -0.15) is 10.2 Å². The molecule has 8 aromatic rings. The fourth-order valence-electron chi connectivity index (χ4n) is 9.84. The Balaban J connectivity index is 0.000000303. The molecular formula is C73H85LiN6O12. The van der Waals surface area contributed by atoms with Gasteiger partial charge in [0.2, 0.25) is 0 Å². The molecule has 0 aliphatic carbocycles. The average Bonchev–Trinajstić information content (AvgIpc) is 1.29. The topological polar surface area (TPSA) is 238 Å². The van der Waals surface area contributed by atoms with Crippen molar-refractivity contribution in [3.05, 3.63) is 216 Å². The van der Waals surface area contributed by atoms with Gasteiger partial charge in [0.25, 0.3) is 0 Å². The minimum absolute atomic E-state index is 0. The molecule has 2 aromatic heterocycles. The molecule has 6 aromatic carbocycles. The maximum Gasteiger partial charge on any atom is 1.00 e. The molecule has 9 rings (SSSR count). The fourth-order valence-corrected chi connectivity index (χ4v) is 9.84. The van der Waals surface area contributed by atoms with Crippen LogP contribution in [0.15, 0.2) is 182 Å². The average molecular weight is 1250 g/mol. The molecule has 4 N–H and O–H groups in total. The van der Waals surface area contributed by atoms with Crippen LogP contribution >= 0.6 is 0 Å². The number of carboxylic acid groups (broad SMARTS) is 1. The number of aromatic nitrogens is 4. The summed E-state index contributed by atoms with van der Waals surface area (Å²) < 4.78 is 32.6. The number of rotatable bonds is 22. The number of fused-ring (bicyclic) bond motifs is 2. The van der Waals surface area contributed by atoms with Gasteiger partial charge in [0.1, 0.15) is 35.9 Å². The Morgan fingerprint density at radius 1 is 0.554 bits per heavy atom. The van der Waals surface area contributed by atoms with Gasteiger partial charge in [0, 0.05) is 49.2 Å². The van der Waals surface area contributed by atoms with Gasteiger partial charge >= 0.3 is 43.0 Å². The molecule has 0 unspecified atom stereocenters. The smallest absolute Gasteiger partial charge is 0.870 e. The van der Waals surface area contributed by atoms with Crippen LogP contribution in [-0.4, -0.2) is 136 Å². The van der Waals surface area contributed by atoms with Gasteiger partial charge in [-0.25, -0.2) is 19.2 Å². The summed E-state index contributed by atoms with van der Waals surface area (Å²) in [5.41, 5.74) is 12.1. The summed E-state index contributed by atoms with van der Waals surface area (Å²) in [6.45, 7) is 18.3. The molecule has 0 spiro atoms.